The third kappa shape index (κ3) is 2.57. The molecule has 2 aromatic carbocycles. The summed E-state index contributed by atoms with van der Waals surface area (Å²) in [6.07, 6.45) is 0. The van der Waals surface area contributed by atoms with Crippen LogP contribution in [-0.2, 0) is 11.3 Å². The van der Waals surface area contributed by atoms with Gasteiger partial charge in [0, 0.05) is 6.61 Å². The largest absolute Gasteiger partial charge is 0.504 e. The van der Waals surface area contributed by atoms with Gasteiger partial charge >= 0.3 is 0 Å². The molecule has 0 fully saturated rings. The van der Waals surface area contributed by atoms with Crippen molar-refractivity contribution in [2.45, 2.75) is 13.5 Å². The quantitative estimate of drug-likeness (QED) is 0.747. The van der Waals surface area contributed by atoms with Crippen LogP contribution in [0.1, 0.15) is 12.5 Å². The zero-order valence-corrected chi connectivity index (χ0v) is 12.3. The van der Waals surface area contributed by atoms with Crippen molar-refractivity contribution in [3.63, 3.8) is 0 Å². The van der Waals surface area contributed by atoms with Crippen LogP contribution >= 0.6 is 15.9 Å². The second kappa shape index (κ2) is 5.68. The second-order valence-electron chi connectivity index (χ2n) is 4.23. The van der Waals surface area contributed by atoms with E-state index in [1.165, 1.54) is 12.1 Å². The zero-order valence-electron chi connectivity index (χ0n) is 10.7. The molecule has 0 heterocycles. The molecule has 3 N–H and O–H groups in total. The van der Waals surface area contributed by atoms with Crippen molar-refractivity contribution in [3.8, 4) is 17.2 Å². The SMILES string of the molecule is CCOCc1cc(O)c(=O)c2c(O)c(O)c(Br)cc2c1. The van der Waals surface area contributed by atoms with E-state index in [-0.39, 0.29) is 16.5 Å². The van der Waals surface area contributed by atoms with E-state index in [2.05, 4.69) is 15.9 Å². The van der Waals surface area contributed by atoms with Gasteiger partial charge in [0.2, 0.25) is 5.43 Å². The topological polar surface area (TPSA) is 87.0 Å². The van der Waals surface area contributed by atoms with E-state index in [9.17, 15) is 20.1 Å². The van der Waals surface area contributed by atoms with Crippen molar-refractivity contribution < 1.29 is 20.1 Å². The molecular weight excluding hydrogens is 328 g/mol. The highest BCUT2D eigenvalue weighted by Crippen LogP contribution is 2.39. The highest BCUT2D eigenvalue weighted by Gasteiger charge is 2.15. The average molecular weight is 341 g/mol. The Hall–Kier alpha value is -1.79. The molecule has 0 atom stereocenters. The molecule has 0 spiro atoms. The van der Waals surface area contributed by atoms with Crippen LogP contribution in [-0.4, -0.2) is 21.9 Å². The number of benzene rings is 1. The van der Waals surface area contributed by atoms with Gasteiger partial charge in [0.05, 0.1) is 16.5 Å². The number of hydrogen-bond donors (Lipinski definition) is 3. The van der Waals surface area contributed by atoms with Gasteiger partial charge in [-0.2, -0.15) is 0 Å². The maximum Gasteiger partial charge on any atom is 0.231 e. The van der Waals surface area contributed by atoms with Crippen molar-refractivity contribution in [1.82, 2.24) is 0 Å². The fourth-order valence-electron chi connectivity index (χ4n) is 1.91. The monoisotopic (exact) mass is 340 g/mol. The van der Waals surface area contributed by atoms with Crippen molar-refractivity contribution >= 4 is 26.7 Å². The van der Waals surface area contributed by atoms with Crippen molar-refractivity contribution in [3.05, 3.63) is 38.5 Å². The van der Waals surface area contributed by atoms with Crippen LogP contribution in [0, 0.1) is 0 Å². The normalized spacial score (nSPS) is 10.9. The summed E-state index contributed by atoms with van der Waals surface area (Å²) in [5.41, 5.74) is -0.156. The van der Waals surface area contributed by atoms with E-state index in [0.717, 1.165) is 0 Å². The van der Waals surface area contributed by atoms with Crippen LogP contribution in [0.2, 0.25) is 0 Å². The van der Waals surface area contributed by atoms with Gasteiger partial charge in [-0.1, -0.05) is 0 Å². The van der Waals surface area contributed by atoms with Crippen LogP contribution in [0.4, 0.5) is 0 Å². The smallest absolute Gasteiger partial charge is 0.231 e. The summed E-state index contributed by atoms with van der Waals surface area (Å²) in [6.45, 7) is 2.56. The summed E-state index contributed by atoms with van der Waals surface area (Å²) in [7, 11) is 0. The molecule has 0 radical (unpaired) electrons. The van der Waals surface area contributed by atoms with Gasteiger partial charge in [-0.3, -0.25) is 4.79 Å². The van der Waals surface area contributed by atoms with Gasteiger partial charge in [-0.05, 0) is 52.0 Å². The molecule has 0 bridgehead atoms. The van der Waals surface area contributed by atoms with Gasteiger partial charge < -0.3 is 20.1 Å². The predicted molar refractivity (Wildman–Crippen MR) is 78.2 cm³/mol. The third-order valence-corrected chi connectivity index (χ3v) is 3.46. The Bertz CT molecular complexity index is 727. The molecule has 0 aliphatic heterocycles. The maximum absolute atomic E-state index is 12.1. The number of hydrogen-bond acceptors (Lipinski definition) is 5. The van der Waals surface area contributed by atoms with Crippen LogP contribution < -0.4 is 5.43 Å². The first kappa shape index (κ1) is 14.6. The molecule has 2 rings (SSSR count). The number of phenolic OH excluding ortho intramolecular Hbond substituents is 2. The molecule has 20 heavy (non-hydrogen) atoms. The maximum atomic E-state index is 12.1. The molecule has 0 saturated carbocycles. The van der Waals surface area contributed by atoms with E-state index >= 15 is 0 Å². The molecule has 0 amide bonds. The lowest BCUT2D eigenvalue weighted by molar-refractivity contribution is 0.134. The molecule has 0 saturated heterocycles. The summed E-state index contributed by atoms with van der Waals surface area (Å²) in [6, 6.07) is 4.42. The molecule has 106 valence electrons. The number of phenols is 2. The molecule has 0 aliphatic rings. The number of ether oxygens (including phenoxy) is 1. The summed E-state index contributed by atoms with van der Waals surface area (Å²) in [5.74, 6) is -1.51. The lowest BCUT2D eigenvalue weighted by atomic mass is 10.1. The van der Waals surface area contributed by atoms with E-state index in [1.807, 2.05) is 6.92 Å². The molecule has 5 nitrogen and oxygen atoms in total. The lowest BCUT2D eigenvalue weighted by Crippen LogP contribution is -1.97. The summed E-state index contributed by atoms with van der Waals surface area (Å²) in [5, 5.41) is 29.6. The van der Waals surface area contributed by atoms with Gasteiger partial charge in [0.25, 0.3) is 0 Å². The summed E-state index contributed by atoms with van der Waals surface area (Å²) in [4.78, 5) is 12.1. The average Bonchev–Trinajstić information content (AvgIpc) is 2.52. The van der Waals surface area contributed by atoms with Crippen molar-refractivity contribution in [2.75, 3.05) is 6.61 Å². The molecular formula is C14H13BrO5. The van der Waals surface area contributed by atoms with Gasteiger partial charge in [-0.15, -0.1) is 0 Å². The van der Waals surface area contributed by atoms with Crippen LogP contribution in [0.5, 0.6) is 17.2 Å². The minimum atomic E-state index is -0.747. The minimum absolute atomic E-state index is 0.133. The van der Waals surface area contributed by atoms with Crippen LogP contribution in [0.25, 0.3) is 10.8 Å². The summed E-state index contributed by atoms with van der Waals surface area (Å²) < 4.78 is 5.51. The first-order valence-corrected chi connectivity index (χ1v) is 6.73. The second-order valence-corrected chi connectivity index (χ2v) is 5.09. The first-order chi connectivity index (χ1) is 9.45. The Morgan fingerprint density at radius 1 is 1.15 bits per heavy atom. The zero-order chi connectivity index (χ0) is 14.9. The van der Waals surface area contributed by atoms with Crippen molar-refractivity contribution in [1.29, 1.82) is 0 Å². The Kier molecular flexibility index (Phi) is 4.15. The fraction of sp³-hybridized carbons (Fsp3) is 0.214. The van der Waals surface area contributed by atoms with E-state index in [1.54, 1.807) is 6.07 Å². The number of halogens is 1. The Balaban J connectivity index is 2.85. The molecule has 0 aromatic heterocycles. The summed E-state index contributed by atoms with van der Waals surface area (Å²) >= 11 is 3.10. The predicted octanol–water partition coefficient (Wildman–Crippen LogP) is 2.62. The number of aromatic hydroxyl groups is 3. The lowest BCUT2D eigenvalue weighted by Gasteiger charge is -2.03. The number of fused-ring (bicyclic) bond motifs is 1. The fourth-order valence-corrected chi connectivity index (χ4v) is 2.35. The van der Waals surface area contributed by atoms with Gasteiger partial charge in [0.1, 0.15) is 0 Å². The molecule has 0 aliphatic carbocycles. The highest BCUT2D eigenvalue weighted by atomic mass is 79.9. The van der Waals surface area contributed by atoms with E-state index in [0.29, 0.717) is 17.6 Å². The third-order valence-electron chi connectivity index (χ3n) is 2.85. The Morgan fingerprint density at radius 2 is 1.85 bits per heavy atom. The van der Waals surface area contributed by atoms with Crippen LogP contribution in [0.3, 0.4) is 0 Å². The standard InChI is InChI=1S/C14H13BrO5/c1-2-20-6-7-3-8-5-9(15)12(17)14(19)11(8)13(18)10(16)4-7/h3-5,17,19H,2,6H2,1H3,(H,16,18). The Labute approximate surface area is 123 Å². The van der Waals surface area contributed by atoms with Crippen molar-refractivity contribution in [2.24, 2.45) is 0 Å². The highest BCUT2D eigenvalue weighted by molar-refractivity contribution is 9.10. The molecule has 6 heteroatoms. The van der Waals surface area contributed by atoms with E-state index in [4.69, 9.17) is 4.74 Å². The van der Waals surface area contributed by atoms with E-state index < -0.39 is 22.7 Å². The Morgan fingerprint density at radius 3 is 2.50 bits per heavy atom. The molecule has 2 aromatic rings. The molecule has 0 unspecified atom stereocenters. The van der Waals surface area contributed by atoms with Crippen LogP contribution in [0.15, 0.2) is 27.5 Å². The number of rotatable bonds is 3. The van der Waals surface area contributed by atoms with Gasteiger partial charge in [0.15, 0.2) is 17.2 Å². The van der Waals surface area contributed by atoms with Gasteiger partial charge in [-0.25, -0.2) is 0 Å². The minimum Gasteiger partial charge on any atom is -0.504 e. The first-order valence-electron chi connectivity index (χ1n) is 5.93.